The van der Waals surface area contributed by atoms with Crippen LogP contribution >= 0.6 is 31.0 Å². The van der Waals surface area contributed by atoms with Crippen molar-refractivity contribution in [2.45, 2.75) is 31.2 Å². The minimum atomic E-state index is -4.44. The molecule has 0 saturated heterocycles. The second-order valence-electron chi connectivity index (χ2n) is 4.38. The molecule has 124 valence electrons. The maximum absolute atomic E-state index is 11.8. The lowest BCUT2D eigenvalue weighted by Crippen LogP contribution is -2.53. The van der Waals surface area contributed by atoms with Crippen molar-refractivity contribution >= 4 is 42.8 Å². The summed E-state index contributed by atoms with van der Waals surface area (Å²) in [5.41, 5.74) is 5.65. The molecule has 11 heteroatoms. The molecule has 0 aromatic carbocycles. The van der Waals surface area contributed by atoms with Gasteiger partial charge in [-0.2, -0.15) is 11.8 Å². The fourth-order valence-electron chi connectivity index (χ4n) is 1.22. The van der Waals surface area contributed by atoms with Gasteiger partial charge in [0.15, 0.2) is 0 Å². The summed E-state index contributed by atoms with van der Waals surface area (Å²) in [7, 11) is -4.44. The van der Waals surface area contributed by atoms with Gasteiger partial charge in [0.1, 0.15) is 11.8 Å². The van der Waals surface area contributed by atoms with Crippen LogP contribution in [-0.2, 0) is 14.2 Å². The van der Waals surface area contributed by atoms with Crippen LogP contribution < -0.4 is 16.4 Å². The lowest BCUT2D eigenvalue weighted by atomic mass is 10.2. The second kappa shape index (κ2) is 9.66. The van der Waals surface area contributed by atoms with Crippen LogP contribution in [0, 0.1) is 0 Å². The van der Waals surface area contributed by atoms with E-state index in [4.69, 9.17) is 27.1 Å². The summed E-state index contributed by atoms with van der Waals surface area (Å²) in [4.78, 5) is 41.4. The normalized spacial score (nSPS) is 15.9. The largest absolute Gasteiger partial charge is 0.347 e. The average Bonchev–Trinajstić information content (AvgIpc) is 2.40. The Morgan fingerprint density at radius 3 is 2.33 bits per heavy atom. The zero-order valence-corrected chi connectivity index (χ0v) is 14.3. The first-order chi connectivity index (χ1) is 9.63. The van der Waals surface area contributed by atoms with Gasteiger partial charge in [-0.25, -0.2) is 0 Å². The first-order valence-electron chi connectivity index (χ1n) is 6.10. The predicted molar refractivity (Wildman–Crippen MR) is 83.3 cm³/mol. The van der Waals surface area contributed by atoms with Crippen molar-refractivity contribution in [3.63, 3.8) is 0 Å². The molecule has 0 spiro atoms. The molecule has 0 saturated carbocycles. The van der Waals surface area contributed by atoms with Crippen LogP contribution in [0.4, 0.5) is 0 Å². The fourth-order valence-corrected chi connectivity index (χ4v) is 2.22. The Labute approximate surface area is 132 Å². The first kappa shape index (κ1) is 20.7. The van der Waals surface area contributed by atoms with Crippen molar-refractivity contribution in [1.29, 1.82) is 0 Å². The van der Waals surface area contributed by atoms with E-state index in [1.54, 1.807) is 0 Å². The van der Waals surface area contributed by atoms with E-state index in [9.17, 15) is 14.2 Å². The van der Waals surface area contributed by atoms with Gasteiger partial charge in [0.25, 0.3) is 0 Å². The van der Waals surface area contributed by atoms with Crippen molar-refractivity contribution in [3.05, 3.63) is 0 Å². The zero-order chi connectivity index (χ0) is 16.6. The molecule has 0 rings (SSSR count). The van der Waals surface area contributed by atoms with Gasteiger partial charge in [0, 0.05) is 0 Å². The van der Waals surface area contributed by atoms with Crippen LogP contribution in [0.2, 0.25) is 0 Å². The number of thioether (sulfide) groups is 1. The van der Waals surface area contributed by atoms with Gasteiger partial charge in [0.2, 0.25) is 11.8 Å². The molecule has 0 aromatic rings. The molecular weight excluding hydrogens is 341 g/mol. The Morgan fingerprint density at radius 1 is 1.33 bits per heavy atom. The SMILES string of the molecule is CSCCC(N)C(=O)NC(CCl)C(=O)NC(C)P(=O)(O)O. The van der Waals surface area contributed by atoms with Crippen molar-refractivity contribution in [1.82, 2.24) is 10.6 Å². The number of nitrogens with two attached hydrogens (primary N) is 1. The molecule has 8 nitrogen and oxygen atoms in total. The van der Waals surface area contributed by atoms with Crippen molar-refractivity contribution in [2.24, 2.45) is 5.73 Å². The summed E-state index contributed by atoms with van der Waals surface area (Å²) < 4.78 is 11.0. The molecule has 3 unspecified atom stereocenters. The summed E-state index contributed by atoms with van der Waals surface area (Å²) in [6.45, 7) is 1.16. The highest BCUT2D eigenvalue weighted by molar-refractivity contribution is 7.98. The summed E-state index contributed by atoms with van der Waals surface area (Å²) in [5, 5.41) is 4.47. The number of hydrogen-bond acceptors (Lipinski definition) is 5. The van der Waals surface area contributed by atoms with Gasteiger partial charge in [-0.15, -0.1) is 11.6 Å². The van der Waals surface area contributed by atoms with Crippen LogP contribution in [0.3, 0.4) is 0 Å². The zero-order valence-electron chi connectivity index (χ0n) is 11.8. The van der Waals surface area contributed by atoms with E-state index in [-0.39, 0.29) is 5.88 Å². The minimum Gasteiger partial charge on any atom is -0.342 e. The summed E-state index contributed by atoms with van der Waals surface area (Å²) >= 11 is 7.14. The number of hydrogen-bond donors (Lipinski definition) is 5. The second-order valence-corrected chi connectivity index (χ2v) is 7.62. The topological polar surface area (TPSA) is 142 Å². The third kappa shape index (κ3) is 8.04. The van der Waals surface area contributed by atoms with E-state index >= 15 is 0 Å². The first-order valence-corrected chi connectivity index (χ1v) is 9.71. The molecule has 0 radical (unpaired) electrons. The Balaban J connectivity index is 4.53. The molecule has 0 fully saturated rings. The summed E-state index contributed by atoms with van der Waals surface area (Å²) in [6.07, 6.45) is 2.33. The molecule has 2 amide bonds. The fraction of sp³-hybridized carbons (Fsp3) is 0.800. The third-order valence-electron chi connectivity index (χ3n) is 2.61. The Kier molecular flexibility index (Phi) is 9.51. The van der Waals surface area contributed by atoms with Crippen LogP contribution in [0.15, 0.2) is 0 Å². The maximum atomic E-state index is 11.8. The smallest absolute Gasteiger partial charge is 0.342 e. The molecule has 0 heterocycles. The number of rotatable bonds is 9. The lowest BCUT2D eigenvalue weighted by Gasteiger charge is -2.21. The van der Waals surface area contributed by atoms with Gasteiger partial charge in [-0.05, 0) is 25.4 Å². The minimum absolute atomic E-state index is 0.235. The van der Waals surface area contributed by atoms with Gasteiger partial charge in [0.05, 0.1) is 11.9 Å². The molecule has 0 aliphatic carbocycles. The molecule has 6 N–H and O–H groups in total. The third-order valence-corrected chi connectivity index (χ3v) is 4.70. The molecule has 3 atom stereocenters. The van der Waals surface area contributed by atoms with Crippen LogP contribution in [-0.4, -0.2) is 57.4 Å². The Hall–Kier alpha value is -0.310. The number of carbonyl (C=O) groups is 2. The number of nitrogens with one attached hydrogen (secondary N) is 2. The van der Waals surface area contributed by atoms with Crippen molar-refractivity contribution in [2.75, 3.05) is 17.9 Å². The van der Waals surface area contributed by atoms with Crippen molar-refractivity contribution < 1.29 is 23.9 Å². The van der Waals surface area contributed by atoms with Crippen LogP contribution in [0.1, 0.15) is 13.3 Å². The number of amides is 2. The van der Waals surface area contributed by atoms with Gasteiger partial charge in [-0.3, -0.25) is 14.2 Å². The summed E-state index contributed by atoms with van der Waals surface area (Å²) in [5.74, 6) is -2.21. The highest BCUT2D eigenvalue weighted by atomic mass is 35.5. The van der Waals surface area contributed by atoms with Crippen LogP contribution in [0.5, 0.6) is 0 Å². The predicted octanol–water partition coefficient (Wildman–Crippen LogP) is -0.570. The molecule has 0 aliphatic heterocycles. The van der Waals surface area contributed by atoms with Gasteiger partial charge >= 0.3 is 7.60 Å². The molecule has 21 heavy (non-hydrogen) atoms. The summed E-state index contributed by atoms with van der Waals surface area (Å²) in [6, 6.07) is -1.87. The average molecular weight is 362 g/mol. The van der Waals surface area contributed by atoms with E-state index in [1.807, 2.05) is 6.26 Å². The van der Waals surface area contributed by atoms with Gasteiger partial charge < -0.3 is 26.2 Å². The molecular formula is C10H21ClN3O5PS. The van der Waals surface area contributed by atoms with Gasteiger partial charge in [-0.1, -0.05) is 0 Å². The quantitative estimate of drug-likeness (QED) is 0.273. The highest BCUT2D eigenvalue weighted by Gasteiger charge is 2.29. The van der Waals surface area contributed by atoms with E-state index in [0.29, 0.717) is 12.2 Å². The number of carbonyl (C=O) groups excluding carboxylic acids is 2. The molecule has 0 bridgehead atoms. The standard InChI is InChI=1S/C10H21ClN3O5PS/c1-6(20(17,18)19)13-10(16)8(5-11)14-9(15)7(12)3-4-21-2/h6-8H,3-5,12H2,1-2H3,(H,13,16)(H,14,15)(H2,17,18,19). The number of halogens is 1. The Morgan fingerprint density at radius 2 is 1.90 bits per heavy atom. The monoisotopic (exact) mass is 361 g/mol. The maximum Gasteiger partial charge on any atom is 0.347 e. The van der Waals surface area contributed by atoms with E-state index in [2.05, 4.69) is 10.6 Å². The lowest BCUT2D eigenvalue weighted by molar-refractivity contribution is -0.129. The molecule has 0 aromatic heterocycles. The highest BCUT2D eigenvalue weighted by Crippen LogP contribution is 2.39. The van der Waals surface area contributed by atoms with Crippen molar-refractivity contribution in [3.8, 4) is 0 Å². The van der Waals surface area contributed by atoms with E-state index in [1.165, 1.54) is 11.8 Å². The van der Waals surface area contributed by atoms with E-state index < -0.39 is 37.3 Å². The van der Waals surface area contributed by atoms with Crippen LogP contribution in [0.25, 0.3) is 0 Å². The van der Waals surface area contributed by atoms with E-state index in [0.717, 1.165) is 6.92 Å². The Bertz CT molecular complexity index is 408. The molecule has 0 aliphatic rings. The number of alkyl halides is 1.